The molecule has 3 heterocycles. The van der Waals surface area contributed by atoms with E-state index in [-0.39, 0.29) is 5.92 Å². The van der Waals surface area contributed by atoms with E-state index in [0.717, 1.165) is 51.9 Å². The Labute approximate surface area is 151 Å². The highest BCUT2D eigenvalue weighted by atomic mass is 16.5. The first-order chi connectivity index (χ1) is 12.3. The number of rotatable bonds is 4. The first-order valence-electron chi connectivity index (χ1n) is 9.99. The largest absolute Gasteiger partial charge is 0.381 e. The van der Waals surface area contributed by atoms with Gasteiger partial charge in [-0.15, -0.1) is 0 Å². The summed E-state index contributed by atoms with van der Waals surface area (Å²) in [5.41, 5.74) is 1.38. The summed E-state index contributed by atoms with van der Waals surface area (Å²) in [6.07, 6.45) is 6.82. The van der Waals surface area contributed by atoms with Crippen LogP contribution in [-0.4, -0.2) is 54.1 Å². The molecule has 3 atom stereocenters. The summed E-state index contributed by atoms with van der Waals surface area (Å²) in [4.78, 5) is 17.9. The predicted octanol–water partition coefficient (Wildman–Crippen LogP) is 3.07. The molecule has 0 bridgehead atoms. The van der Waals surface area contributed by atoms with E-state index < -0.39 is 0 Å². The van der Waals surface area contributed by atoms with Gasteiger partial charge in [0.2, 0.25) is 5.91 Å². The van der Waals surface area contributed by atoms with Gasteiger partial charge < -0.3 is 9.64 Å². The van der Waals surface area contributed by atoms with Crippen LogP contribution in [0.3, 0.4) is 0 Å². The third-order valence-electron chi connectivity index (χ3n) is 6.18. The van der Waals surface area contributed by atoms with Crippen LogP contribution in [0.5, 0.6) is 0 Å². The monoisotopic (exact) mass is 342 g/mol. The fourth-order valence-electron chi connectivity index (χ4n) is 4.94. The molecule has 0 unspecified atom stereocenters. The van der Waals surface area contributed by atoms with Crippen molar-refractivity contribution in [2.24, 2.45) is 5.92 Å². The van der Waals surface area contributed by atoms with Crippen LogP contribution >= 0.6 is 0 Å². The first kappa shape index (κ1) is 17.0. The molecule has 0 spiro atoms. The first-order valence-corrected chi connectivity index (χ1v) is 9.99. The fourth-order valence-corrected chi connectivity index (χ4v) is 4.94. The lowest BCUT2D eigenvalue weighted by Crippen LogP contribution is -2.50. The average molecular weight is 342 g/mol. The molecule has 4 rings (SSSR count). The maximum Gasteiger partial charge on any atom is 0.228 e. The molecule has 0 N–H and O–H groups in total. The normalized spacial score (nSPS) is 30.7. The summed E-state index contributed by atoms with van der Waals surface area (Å²) >= 11 is 0. The lowest BCUT2D eigenvalue weighted by Gasteiger charge is -2.37. The van der Waals surface area contributed by atoms with Gasteiger partial charge in [0, 0.05) is 31.8 Å². The van der Waals surface area contributed by atoms with E-state index in [9.17, 15) is 4.79 Å². The third kappa shape index (κ3) is 3.75. The SMILES string of the molecule is O=C([C@@H]1CCCOC1)N1CCC[C@H]1[C@@H]1CCCN1Cc1ccccc1. The zero-order valence-electron chi connectivity index (χ0n) is 15.1. The maximum atomic E-state index is 13.1. The van der Waals surface area contributed by atoms with E-state index >= 15 is 0 Å². The maximum absolute atomic E-state index is 13.1. The number of amides is 1. The lowest BCUT2D eigenvalue weighted by molar-refractivity contribution is -0.141. The van der Waals surface area contributed by atoms with E-state index in [1.54, 1.807) is 0 Å². The summed E-state index contributed by atoms with van der Waals surface area (Å²) in [5.74, 6) is 0.451. The van der Waals surface area contributed by atoms with Gasteiger partial charge in [-0.2, -0.15) is 0 Å². The van der Waals surface area contributed by atoms with Crippen molar-refractivity contribution >= 4 is 5.91 Å². The molecule has 136 valence electrons. The van der Waals surface area contributed by atoms with Gasteiger partial charge in [-0.25, -0.2) is 0 Å². The average Bonchev–Trinajstić information content (AvgIpc) is 3.31. The number of carbonyl (C=O) groups excluding carboxylic acids is 1. The van der Waals surface area contributed by atoms with E-state index in [2.05, 4.69) is 40.1 Å². The molecule has 0 saturated carbocycles. The smallest absolute Gasteiger partial charge is 0.228 e. The second-order valence-corrected chi connectivity index (χ2v) is 7.82. The van der Waals surface area contributed by atoms with E-state index in [4.69, 9.17) is 4.74 Å². The van der Waals surface area contributed by atoms with Crippen molar-refractivity contribution in [2.75, 3.05) is 26.3 Å². The minimum absolute atomic E-state index is 0.0957. The Morgan fingerprint density at radius 3 is 2.60 bits per heavy atom. The zero-order valence-corrected chi connectivity index (χ0v) is 15.1. The summed E-state index contributed by atoms with van der Waals surface area (Å²) in [5, 5.41) is 0. The fraction of sp³-hybridized carbons (Fsp3) is 0.667. The van der Waals surface area contributed by atoms with Gasteiger partial charge in [0.05, 0.1) is 12.5 Å². The molecule has 0 aliphatic carbocycles. The molecule has 4 nitrogen and oxygen atoms in total. The van der Waals surface area contributed by atoms with Crippen LogP contribution in [0.2, 0.25) is 0 Å². The van der Waals surface area contributed by atoms with Crippen LogP contribution in [0.1, 0.15) is 44.1 Å². The van der Waals surface area contributed by atoms with Crippen molar-refractivity contribution in [1.29, 1.82) is 0 Å². The summed E-state index contributed by atoms with van der Waals surface area (Å²) in [7, 11) is 0. The Morgan fingerprint density at radius 1 is 1.00 bits per heavy atom. The minimum atomic E-state index is 0.0957. The Hall–Kier alpha value is -1.39. The molecule has 3 fully saturated rings. The number of hydrogen-bond donors (Lipinski definition) is 0. The van der Waals surface area contributed by atoms with Gasteiger partial charge in [-0.3, -0.25) is 9.69 Å². The van der Waals surface area contributed by atoms with Gasteiger partial charge >= 0.3 is 0 Å². The van der Waals surface area contributed by atoms with Gasteiger partial charge in [0.25, 0.3) is 0 Å². The molecule has 0 radical (unpaired) electrons. The predicted molar refractivity (Wildman–Crippen MR) is 98.2 cm³/mol. The highest BCUT2D eigenvalue weighted by Crippen LogP contribution is 2.32. The molecule has 3 aliphatic rings. The van der Waals surface area contributed by atoms with Crippen molar-refractivity contribution in [2.45, 2.75) is 57.2 Å². The molecule has 25 heavy (non-hydrogen) atoms. The van der Waals surface area contributed by atoms with Gasteiger partial charge in [0.15, 0.2) is 0 Å². The number of benzene rings is 1. The Bertz CT molecular complexity index is 571. The third-order valence-corrected chi connectivity index (χ3v) is 6.18. The summed E-state index contributed by atoms with van der Waals surface area (Å²) in [6.45, 7) is 4.55. The molecule has 3 saturated heterocycles. The second-order valence-electron chi connectivity index (χ2n) is 7.82. The van der Waals surface area contributed by atoms with Crippen molar-refractivity contribution in [3.63, 3.8) is 0 Å². The minimum Gasteiger partial charge on any atom is -0.381 e. The standard InChI is InChI=1S/C21H30N2O2/c24-21(18-9-6-14-25-16-18)23-13-5-11-20(23)19-10-4-12-22(19)15-17-7-2-1-3-8-17/h1-3,7-8,18-20H,4-6,9-16H2/t18-,19+,20+/m1/s1. The number of nitrogens with zero attached hydrogens (tertiary/aromatic N) is 2. The molecule has 1 aromatic rings. The van der Waals surface area contributed by atoms with Gasteiger partial charge in [-0.05, 0) is 50.6 Å². The van der Waals surface area contributed by atoms with E-state index in [1.165, 1.54) is 18.4 Å². The number of hydrogen-bond acceptors (Lipinski definition) is 3. The topological polar surface area (TPSA) is 32.8 Å². The number of carbonyl (C=O) groups is 1. The molecule has 4 heteroatoms. The van der Waals surface area contributed by atoms with Crippen molar-refractivity contribution < 1.29 is 9.53 Å². The Kier molecular flexibility index (Phi) is 5.37. The number of likely N-dealkylation sites (tertiary alicyclic amines) is 2. The molecule has 3 aliphatic heterocycles. The molecular weight excluding hydrogens is 312 g/mol. The van der Waals surface area contributed by atoms with Crippen LogP contribution in [-0.2, 0) is 16.1 Å². The van der Waals surface area contributed by atoms with Crippen LogP contribution in [0.25, 0.3) is 0 Å². The highest BCUT2D eigenvalue weighted by Gasteiger charge is 2.41. The van der Waals surface area contributed by atoms with E-state index in [1.807, 2.05) is 0 Å². The van der Waals surface area contributed by atoms with Crippen molar-refractivity contribution in [3.05, 3.63) is 35.9 Å². The van der Waals surface area contributed by atoms with E-state index in [0.29, 0.717) is 24.6 Å². The molecular formula is C21H30N2O2. The Morgan fingerprint density at radius 2 is 1.80 bits per heavy atom. The number of ether oxygens (including phenoxy) is 1. The molecule has 0 aromatic heterocycles. The summed E-state index contributed by atoms with van der Waals surface area (Å²) in [6, 6.07) is 11.7. The van der Waals surface area contributed by atoms with Crippen LogP contribution in [0.15, 0.2) is 30.3 Å². The van der Waals surface area contributed by atoms with Crippen molar-refractivity contribution in [1.82, 2.24) is 9.80 Å². The van der Waals surface area contributed by atoms with Gasteiger partial charge in [0.1, 0.15) is 0 Å². The van der Waals surface area contributed by atoms with Gasteiger partial charge in [-0.1, -0.05) is 30.3 Å². The van der Waals surface area contributed by atoms with Crippen LogP contribution in [0.4, 0.5) is 0 Å². The highest BCUT2D eigenvalue weighted by molar-refractivity contribution is 5.79. The quantitative estimate of drug-likeness (QED) is 0.843. The lowest BCUT2D eigenvalue weighted by atomic mass is 9.98. The molecule has 1 amide bonds. The summed E-state index contributed by atoms with van der Waals surface area (Å²) < 4.78 is 5.57. The zero-order chi connectivity index (χ0) is 17.1. The van der Waals surface area contributed by atoms with Crippen molar-refractivity contribution in [3.8, 4) is 0 Å². The Balaban J connectivity index is 1.44. The second kappa shape index (κ2) is 7.88. The van der Waals surface area contributed by atoms with Crippen LogP contribution < -0.4 is 0 Å². The van der Waals surface area contributed by atoms with Crippen LogP contribution in [0, 0.1) is 5.92 Å². The molecule has 1 aromatic carbocycles.